The number of anilines is 1. The fraction of sp³-hybridized carbons (Fsp3) is 0.267. The number of carbonyl (C=O) groups excluding carboxylic acids is 1. The molecule has 0 aliphatic carbocycles. The molecule has 2 aromatic rings. The van der Waals surface area contributed by atoms with Gasteiger partial charge in [-0.15, -0.1) is 3.89 Å². The molecule has 1 aliphatic rings. The molecule has 3 rings (SSSR count). The summed E-state index contributed by atoms with van der Waals surface area (Å²) < 4.78 is 35.3. The van der Waals surface area contributed by atoms with Crippen LogP contribution in [0.5, 0.6) is 0 Å². The zero-order valence-corrected chi connectivity index (χ0v) is 13.9. The van der Waals surface area contributed by atoms with Crippen LogP contribution in [-0.2, 0) is 15.0 Å². The smallest absolute Gasteiger partial charge is 0.302 e. The second-order valence-corrected chi connectivity index (χ2v) is 7.66. The zero-order valence-electron chi connectivity index (χ0n) is 11.5. The Bertz CT molecular complexity index is 853. The fourth-order valence-corrected chi connectivity index (χ4v) is 4.18. The summed E-state index contributed by atoms with van der Waals surface area (Å²) in [7, 11) is -4.57. The van der Waals surface area contributed by atoms with Gasteiger partial charge in [0.1, 0.15) is 0 Å². The van der Waals surface area contributed by atoms with Crippen molar-refractivity contribution in [1.29, 1.82) is 0 Å². The molecule has 116 valence electrons. The van der Waals surface area contributed by atoms with E-state index in [1.165, 1.54) is 0 Å². The van der Waals surface area contributed by atoms with Gasteiger partial charge < -0.3 is 4.90 Å². The Labute approximate surface area is 136 Å². The van der Waals surface area contributed by atoms with Crippen LogP contribution >= 0.6 is 15.9 Å². The number of carbonyl (C=O) groups is 1. The number of amides is 1. The Morgan fingerprint density at radius 3 is 2.59 bits per heavy atom. The second kappa shape index (κ2) is 5.62. The number of fused-ring (bicyclic) bond motifs is 1. The lowest BCUT2D eigenvalue weighted by Gasteiger charge is -2.19. The molecular formula is C15H13BrFNO3S. The highest BCUT2D eigenvalue weighted by atomic mass is 79.9. The van der Waals surface area contributed by atoms with Gasteiger partial charge in [0, 0.05) is 28.7 Å². The molecule has 1 unspecified atom stereocenters. The molecule has 0 saturated carbocycles. The topological polar surface area (TPSA) is 54.5 Å². The number of hydrogen-bond donors (Lipinski definition) is 0. The molecule has 0 aromatic heterocycles. The van der Waals surface area contributed by atoms with E-state index in [1.807, 2.05) is 36.4 Å². The molecule has 7 heteroatoms. The van der Waals surface area contributed by atoms with Crippen molar-refractivity contribution in [2.45, 2.75) is 6.42 Å². The molecule has 4 nitrogen and oxygen atoms in total. The quantitative estimate of drug-likeness (QED) is 0.761. The first-order valence-corrected chi connectivity index (χ1v) is 9.09. The molecule has 1 heterocycles. The van der Waals surface area contributed by atoms with E-state index in [-0.39, 0.29) is 18.9 Å². The molecule has 1 amide bonds. The average Bonchev–Trinajstić information content (AvgIpc) is 2.77. The Kier molecular flexibility index (Phi) is 3.94. The van der Waals surface area contributed by atoms with E-state index < -0.39 is 21.9 Å². The lowest BCUT2D eigenvalue weighted by Crippen LogP contribution is -2.25. The maximum absolute atomic E-state index is 12.8. The Balaban J connectivity index is 1.98. The average molecular weight is 386 g/mol. The molecular weight excluding hydrogens is 373 g/mol. The van der Waals surface area contributed by atoms with E-state index in [0.29, 0.717) is 0 Å². The summed E-state index contributed by atoms with van der Waals surface area (Å²) in [6.45, 7) is 0.216. The third-order valence-electron chi connectivity index (χ3n) is 3.78. The van der Waals surface area contributed by atoms with E-state index >= 15 is 0 Å². The summed E-state index contributed by atoms with van der Waals surface area (Å²) in [5, 5.41) is 1.86. The molecule has 0 radical (unpaired) electrons. The van der Waals surface area contributed by atoms with Crippen molar-refractivity contribution in [2.75, 3.05) is 17.2 Å². The molecule has 2 aromatic carbocycles. The number of hydrogen-bond acceptors (Lipinski definition) is 3. The minimum atomic E-state index is -4.57. The molecule has 0 bridgehead atoms. The highest BCUT2D eigenvalue weighted by molar-refractivity contribution is 9.10. The van der Waals surface area contributed by atoms with Crippen LogP contribution in [-0.4, -0.2) is 26.6 Å². The van der Waals surface area contributed by atoms with Crippen molar-refractivity contribution in [1.82, 2.24) is 0 Å². The third kappa shape index (κ3) is 3.01. The highest BCUT2D eigenvalue weighted by Gasteiger charge is 2.34. The van der Waals surface area contributed by atoms with Crippen LogP contribution in [0, 0.1) is 5.92 Å². The third-order valence-corrected chi connectivity index (χ3v) is 5.34. The molecule has 1 fully saturated rings. The van der Waals surface area contributed by atoms with Gasteiger partial charge in [-0.2, -0.15) is 8.42 Å². The fourth-order valence-electron chi connectivity index (χ4n) is 2.90. The van der Waals surface area contributed by atoms with Crippen molar-refractivity contribution < 1.29 is 17.1 Å². The second-order valence-electron chi connectivity index (χ2n) is 5.39. The van der Waals surface area contributed by atoms with Crippen LogP contribution < -0.4 is 4.90 Å². The van der Waals surface area contributed by atoms with Gasteiger partial charge in [-0.1, -0.05) is 40.2 Å². The Morgan fingerprint density at radius 2 is 1.86 bits per heavy atom. The molecule has 22 heavy (non-hydrogen) atoms. The van der Waals surface area contributed by atoms with E-state index in [4.69, 9.17) is 0 Å². The largest absolute Gasteiger partial charge is 0.311 e. The van der Waals surface area contributed by atoms with E-state index in [2.05, 4.69) is 15.9 Å². The molecule has 0 N–H and O–H groups in total. The molecule has 1 atom stereocenters. The first-order valence-electron chi connectivity index (χ1n) is 6.75. The van der Waals surface area contributed by atoms with E-state index in [1.54, 1.807) is 4.90 Å². The maximum atomic E-state index is 12.8. The van der Waals surface area contributed by atoms with Gasteiger partial charge in [-0.3, -0.25) is 4.79 Å². The predicted octanol–water partition coefficient (Wildman–Crippen LogP) is 3.25. The lowest BCUT2D eigenvalue weighted by molar-refractivity contribution is -0.117. The maximum Gasteiger partial charge on any atom is 0.302 e. The van der Waals surface area contributed by atoms with Gasteiger partial charge in [-0.25, -0.2) is 0 Å². The van der Waals surface area contributed by atoms with Gasteiger partial charge in [0.15, 0.2) is 0 Å². The van der Waals surface area contributed by atoms with Gasteiger partial charge in [-0.05, 0) is 17.5 Å². The zero-order chi connectivity index (χ0) is 15.9. The Morgan fingerprint density at radius 1 is 1.18 bits per heavy atom. The Hall–Kier alpha value is -1.47. The van der Waals surface area contributed by atoms with Crippen LogP contribution in [0.1, 0.15) is 6.42 Å². The van der Waals surface area contributed by atoms with Gasteiger partial charge >= 0.3 is 10.2 Å². The number of rotatable bonds is 3. The first kappa shape index (κ1) is 15.4. The summed E-state index contributed by atoms with van der Waals surface area (Å²) in [5.41, 5.74) is 0.725. The minimum absolute atomic E-state index is 0.0491. The van der Waals surface area contributed by atoms with Crippen molar-refractivity contribution >= 4 is 48.5 Å². The normalized spacial score (nSPS) is 19.1. The molecule has 1 aliphatic heterocycles. The summed E-state index contributed by atoms with van der Waals surface area (Å²) in [4.78, 5) is 13.7. The summed E-state index contributed by atoms with van der Waals surface area (Å²) in [6.07, 6.45) is 0.0491. The SMILES string of the molecule is O=C1CC(CS(=O)(=O)F)CN1c1cccc2c(Br)cccc12. The van der Waals surface area contributed by atoms with Crippen LogP contribution in [0.4, 0.5) is 9.57 Å². The number of halogens is 2. The first-order chi connectivity index (χ1) is 10.3. The summed E-state index contributed by atoms with van der Waals surface area (Å²) in [5.74, 6) is -1.30. The summed E-state index contributed by atoms with van der Waals surface area (Å²) in [6, 6.07) is 11.3. The van der Waals surface area contributed by atoms with Crippen LogP contribution in [0.15, 0.2) is 40.9 Å². The van der Waals surface area contributed by atoms with Crippen molar-refractivity contribution in [3.8, 4) is 0 Å². The van der Waals surface area contributed by atoms with Crippen molar-refractivity contribution in [3.05, 3.63) is 40.9 Å². The monoisotopic (exact) mass is 385 g/mol. The van der Waals surface area contributed by atoms with Crippen molar-refractivity contribution in [3.63, 3.8) is 0 Å². The van der Waals surface area contributed by atoms with Gasteiger partial charge in [0.2, 0.25) is 5.91 Å². The number of nitrogens with zero attached hydrogens (tertiary/aromatic N) is 1. The predicted molar refractivity (Wildman–Crippen MR) is 87.0 cm³/mol. The molecule has 1 saturated heterocycles. The van der Waals surface area contributed by atoms with E-state index in [0.717, 1.165) is 20.9 Å². The molecule has 0 spiro atoms. The van der Waals surface area contributed by atoms with Gasteiger partial charge in [0.05, 0.1) is 11.4 Å². The highest BCUT2D eigenvalue weighted by Crippen LogP contribution is 2.34. The van der Waals surface area contributed by atoms with Crippen LogP contribution in [0.25, 0.3) is 10.8 Å². The lowest BCUT2D eigenvalue weighted by atomic mass is 10.1. The van der Waals surface area contributed by atoms with Crippen molar-refractivity contribution in [2.24, 2.45) is 5.92 Å². The van der Waals surface area contributed by atoms with Gasteiger partial charge in [0.25, 0.3) is 0 Å². The minimum Gasteiger partial charge on any atom is -0.311 e. The summed E-state index contributed by atoms with van der Waals surface area (Å²) >= 11 is 3.47. The standard InChI is InChI=1S/C15H13BrFNO3S/c16-13-5-1-4-12-11(13)3-2-6-14(12)18-8-10(7-15(18)19)9-22(17,20)21/h1-6,10H,7-9H2. The van der Waals surface area contributed by atoms with Crippen LogP contribution in [0.2, 0.25) is 0 Å². The van der Waals surface area contributed by atoms with Crippen LogP contribution in [0.3, 0.4) is 0 Å². The van der Waals surface area contributed by atoms with E-state index in [9.17, 15) is 17.1 Å². The number of benzene rings is 2.